The zero-order valence-corrected chi connectivity index (χ0v) is 17.4. The van der Waals surface area contributed by atoms with E-state index in [1.807, 2.05) is 69.1 Å². The number of amides is 1. The van der Waals surface area contributed by atoms with E-state index in [0.717, 1.165) is 5.56 Å². The van der Waals surface area contributed by atoms with Crippen LogP contribution in [0.25, 0.3) is 23.0 Å². The van der Waals surface area contributed by atoms with Gasteiger partial charge in [0.15, 0.2) is 0 Å². The fourth-order valence-corrected chi connectivity index (χ4v) is 3.92. The minimum atomic E-state index is -0.237. The van der Waals surface area contributed by atoms with E-state index in [1.54, 1.807) is 12.1 Å². The number of hydrogen-bond acceptors (Lipinski definition) is 5. The highest BCUT2D eigenvalue weighted by molar-refractivity contribution is 5.77. The predicted molar refractivity (Wildman–Crippen MR) is 118 cm³/mol. The highest BCUT2D eigenvalue weighted by atomic mass is 19.1. The minimum absolute atomic E-state index is 0.00145. The smallest absolute Gasteiger partial charge is 0.264 e. The van der Waals surface area contributed by atoms with Gasteiger partial charge in [-0.05, 0) is 36.4 Å². The molecule has 0 unspecified atom stereocenters. The Labute approximate surface area is 184 Å². The van der Waals surface area contributed by atoms with E-state index in [-0.39, 0.29) is 18.3 Å². The fourth-order valence-electron chi connectivity index (χ4n) is 3.92. The van der Waals surface area contributed by atoms with Gasteiger partial charge in [-0.2, -0.15) is 0 Å². The van der Waals surface area contributed by atoms with Crippen LogP contribution in [0, 0.1) is 5.82 Å². The van der Waals surface area contributed by atoms with Crippen LogP contribution in [-0.2, 0) is 11.3 Å². The standard InChI is InChI=1S/C24H22FN5O2/c25-19-9-4-5-10-20(19)28-13-15-29(16-14-28)22(31)17-30-12-6-11-21(30)24-27-26-23(32-24)18-7-2-1-3-8-18/h1-12H,13-17H2. The fraction of sp³-hybridized carbons (Fsp3) is 0.208. The van der Waals surface area contributed by atoms with Crippen LogP contribution in [0.1, 0.15) is 0 Å². The van der Waals surface area contributed by atoms with Crippen LogP contribution in [0.3, 0.4) is 0 Å². The molecular formula is C24H22FN5O2. The van der Waals surface area contributed by atoms with Gasteiger partial charge in [-0.1, -0.05) is 30.3 Å². The molecule has 0 spiro atoms. The highest BCUT2D eigenvalue weighted by Gasteiger charge is 2.24. The maximum Gasteiger partial charge on any atom is 0.264 e. The third kappa shape index (κ3) is 3.99. The largest absolute Gasteiger partial charge is 0.415 e. The van der Waals surface area contributed by atoms with Crippen LogP contribution in [0.15, 0.2) is 77.3 Å². The number of hydrogen-bond donors (Lipinski definition) is 0. The molecule has 2 aromatic heterocycles. The Morgan fingerprint density at radius 1 is 0.875 bits per heavy atom. The molecule has 1 aliphatic heterocycles. The van der Waals surface area contributed by atoms with Crippen LogP contribution in [0.4, 0.5) is 10.1 Å². The van der Waals surface area contributed by atoms with Crippen molar-refractivity contribution in [2.45, 2.75) is 6.54 Å². The molecule has 0 atom stereocenters. The molecule has 5 rings (SSSR count). The van der Waals surface area contributed by atoms with Crippen molar-refractivity contribution in [3.8, 4) is 23.0 Å². The monoisotopic (exact) mass is 431 g/mol. The second-order valence-electron chi connectivity index (χ2n) is 7.62. The lowest BCUT2D eigenvalue weighted by molar-refractivity contribution is -0.132. The lowest BCUT2D eigenvalue weighted by Gasteiger charge is -2.36. The minimum Gasteiger partial charge on any atom is -0.415 e. The molecule has 162 valence electrons. The van der Waals surface area contributed by atoms with Crippen LogP contribution in [0.5, 0.6) is 0 Å². The van der Waals surface area contributed by atoms with Crippen LogP contribution < -0.4 is 4.90 Å². The number of carbonyl (C=O) groups is 1. The highest BCUT2D eigenvalue weighted by Crippen LogP contribution is 2.25. The van der Waals surface area contributed by atoms with Gasteiger partial charge in [-0.3, -0.25) is 4.79 Å². The SMILES string of the molecule is O=C(Cn1cccc1-c1nnc(-c2ccccc2)o1)N1CCN(c2ccccc2F)CC1. The summed E-state index contributed by atoms with van der Waals surface area (Å²) in [6.07, 6.45) is 1.83. The second-order valence-corrected chi connectivity index (χ2v) is 7.62. The number of piperazine rings is 1. The van der Waals surface area contributed by atoms with Crippen molar-refractivity contribution in [2.24, 2.45) is 0 Å². The van der Waals surface area contributed by atoms with Crippen LogP contribution in [0.2, 0.25) is 0 Å². The summed E-state index contributed by atoms with van der Waals surface area (Å²) < 4.78 is 21.7. The maximum atomic E-state index is 14.1. The zero-order chi connectivity index (χ0) is 21.9. The number of halogens is 1. The number of carbonyl (C=O) groups excluding carboxylic acids is 1. The third-order valence-electron chi connectivity index (χ3n) is 5.63. The van der Waals surface area contributed by atoms with Crippen molar-refractivity contribution < 1.29 is 13.6 Å². The first-order valence-electron chi connectivity index (χ1n) is 10.5. The van der Waals surface area contributed by atoms with Crippen molar-refractivity contribution in [2.75, 3.05) is 31.1 Å². The van der Waals surface area contributed by atoms with Crippen LogP contribution in [-0.4, -0.2) is 51.8 Å². The Kier molecular flexibility index (Phi) is 5.41. The average Bonchev–Trinajstić information content (AvgIpc) is 3.50. The molecule has 32 heavy (non-hydrogen) atoms. The first-order chi connectivity index (χ1) is 15.7. The Morgan fingerprint density at radius 2 is 1.59 bits per heavy atom. The molecule has 0 bridgehead atoms. The molecule has 1 aliphatic rings. The zero-order valence-electron chi connectivity index (χ0n) is 17.4. The number of nitrogens with zero attached hydrogens (tertiary/aromatic N) is 5. The number of anilines is 1. The van der Waals surface area contributed by atoms with Gasteiger partial charge in [0, 0.05) is 37.9 Å². The molecule has 8 heteroatoms. The molecule has 1 fully saturated rings. The summed E-state index contributed by atoms with van der Waals surface area (Å²) >= 11 is 0. The van der Waals surface area contributed by atoms with E-state index in [9.17, 15) is 9.18 Å². The second kappa shape index (κ2) is 8.66. The van der Waals surface area contributed by atoms with Gasteiger partial charge < -0.3 is 18.8 Å². The Bertz CT molecular complexity index is 1210. The molecule has 4 aromatic rings. The molecule has 0 aliphatic carbocycles. The lowest BCUT2D eigenvalue weighted by atomic mass is 10.2. The number of rotatable bonds is 5. The quantitative estimate of drug-likeness (QED) is 0.482. The van der Waals surface area contributed by atoms with Crippen LogP contribution >= 0.6 is 0 Å². The molecule has 0 radical (unpaired) electrons. The first kappa shape index (κ1) is 20.0. The Balaban J connectivity index is 1.25. The van der Waals surface area contributed by atoms with E-state index >= 15 is 0 Å². The number of benzene rings is 2. The summed E-state index contributed by atoms with van der Waals surface area (Å²) in [7, 11) is 0. The summed E-state index contributed by atoms with van der Waals surface area (Å²) in [5.41, 5.74) is 2.11. The number of para-hydroxylation sites is 1. The van der Waals surface area contributed by atoms with Crippen molar-refractivity contribution >= 4 is 11.6 Å². The van der Waals surface area contributed by atoms with Gasteiger partial charge in [0.2, 0.25) is 11.8 Å². The van der Waals surface area contributed by atoms with Crippen molar-refractivity contribution in [3.63, 3.8) is 0 Å². The van der Waals surface area contributed by atoms with Gasteiger partial charge >= 0.3 is 0 Å². The van der Waals surface area contributed by atoms with Gasteiger partial charge in [0.05, 0.1) is 5.69 Å². The number of aromatic nitrogens is 3. The first-order valence-corrected chi connectivity index (χ1v) is 10.5. The third-order valence-corrected chi connectivity index (χ3v) is 5.63. The summed E-state index contributed by atoms with van der Waals surface area (Å²) in [5, 5.41) is 8.30. The summed E-state index contributed by atoms with van der Waals surface area (Å²) in [5.74, 6) is 0.562. The maximum absolute atomic E-state index is 14.1. The summed E-state index contributed by atoms with van der Waals surface area (Å²) in [6.45, 7) is 2.45. The normalized spacial score (nSPS) is 14.0. The van der Waals surface area contributed by atoms with Crippen molar-refractivity contribution in [1.82, 2.24) is 19.7 Å². The molecule has 3 heterocycles. The van der Waals surface area contributed by atoms with E-state index in [0.29, 0.717) is 49.3 Å². The molecule has 2 aromatic carbocycles. The Morgan fingerprint density at radius 3 is 2.38 bits per heavy atom. The van der Waals surface area contributed by atoms with Crippen molar-refractivity contribution in [1.29, 1.82) is 0 Å². The van der Waals surface area contributed by atoms with E-state index in [2.05, 4.69) is 10.2 Å². The molecule has 0 saturated carbocycles. The summed E-state index contributed by atoms with van der Waals surface area (Å²) in [6, 6.07) is 20.0. The molecular weight excluding hydrogens is 409 g/mol. The van der Waals surface area contributed by atoms with E-state index in [4.69, 9.17) is 4.42 Å². The van der Waals surface area contributed by atoms with E-state index in [1.165, 1.54) is 6.07 Å². The molecule has 1 amide bonds. The van der Waals surface area contributed by atoms with Gasteiger partial charge in [-0.15, -0.1) is 10.2 Å². The van der Waals surface area contributed by atoms with Gasteiger partial charge in [0.1, 0.15) is 18.1 Å². The molecule has 1 saturated heterocycles. The summed E-state index contributed by atoms with van der Waals surface area (Å²) in [4.78, 5) is 16.7. The Hall–Kier alpha value is -3.94. The predicted octanol–water partition coefficient (Wildman–Crippen LogP) is 3.69. The topological polar surface area (TPSA) is 67.4 Å². The molecule has 7 nitrogen and oxygen atoms in total. The lowest BCUT2D eigenvalue weighted by Crippen LogP contribution is -2.49. The van der Waals surface area contributed by atoms with E-state index < -0.39 is 0 Å². The van der Waals surface area contributed by atoms with Gasteiger partial charge in [0.25, 0.3) is 5.89 Å². The van der Waals surface area contributed by atoms with Crippen molar-refractivity contribution in [3.05, 3.63) is 78.7 Å². The average molecular weight is 431 g/mol. The molecule has 0 N–H and O–H groups in total. The van der Waals surface area contributed by atoms with Gasteiger partial charge in [-0.25, -0.2) is 4.39 Å².